The third-order valence-electron chi connectivity index (χ3n) is 9.08. The average molecular weight is 689 g/mol. The van der Waals surface area contributed by atoms with Crippen molar-refractivity contribution in [2.24, 2.45) is 11.8 Å². The number of amides is 3. The molecule has 1 spiro atoms. The van der Waals surface area contributed by atoms with Crippen molar-refractivity contribution in [2.75, 3.05) is 26.2 Å². The number of likely N-dealkylation sites (tertiary alicyclic amines) is 1. The molecule has 2 N–H and O–H groups in total. The highest BCUT2D eigenvalue weighted by atomic mass is 79.9. The van der Waals surface area contributed by atoms with Gasteiger partial charge in [-0.1, -0.05) is 71.8 Å². The maximum absolute atomic E-state index is 14.3. The minimum atomic E-state index is -1.23. The van der Waals surface area contributed by atoms with Crippen molar-refractivity contribution < 1.29 is 33.8 Å². The lowest BCUT2D eigenvalue weighted by Crippen LogP contribution is -2.57. The van der Waals surface area contributed by atoms with Gasteiger partial charge >= 0.3 is 5.97 Å². The first-order valence-electron chi connectivity index (χ1n) is 15.9. The zero-order chi connectivity index (χ0) is 32.7. The van der Waals surface area contributed by atoms with Crippen LogP contribution in [-0.4, -0.2) is 93.5 Å². The van der Waals surface area contributed by atoms with Crippen LogP contribution in [0.15, 0.2) is 55.6 Å². The molecule has 1 unspecified atom stereocenters. The number of nitrogens with one attached hydrogen (secondary N) is 1. The van der Waals surface area contributed by atoms with E-state index in [2.05, 4.69) is 34.4 Å². The Hall–Kier alpha value is -3.02. The van der Waals surface area contributed by atoms with Crippen molar-refractivity contribution in [3.05, 3.63) is 61.2 Å². The van der Waals surface area contributed by atoms with E-state index >= 15 is 0 Å². The number of hydrogen-bond acceptors (Lipinski definition) is 7. The lowest BCUT2D eigenvalue weighted by atomic mass is 9.70. The van der Waals surface area contributed by atoms with Gasteiger partial charge in [-0.15, -0.1) is 13.2 Å². The van der Waals surface area contributed by atoms with Crippen molar-refractivity contribution in [2.45, 2.75) is 87.1 Å². The van der Waals surface area contributed by atoms with Crippen molar-refractivity contribution in [1.82, 2.24) is 15.1 Å². The molecule has 3 saturated heterocycles. The SMILES string of the molecule is C=CCCC(=O)N[C@@H](C)[C@H](OC(=O)[C@@H]1[C@H]2O[C@@]3(CC2Br)[C@H](C(=O)N(CC=C)CCCC)N(CCCO)C(=O)[C@@H]13)c1ccccc1. The van der Waals surface area contributed by atoms with E-state index in [1.54, 1.807) is 24.0 Å². The molecule has 1 aromatic rings. The quantitative estimate of drug-likeness (QED) is 0.145. The summed E-state index contributed by atoms with van der Waals surface area (Å²) in [5.41, 5.74) is -0.534. The molecule has 11 heteroatoms. The van der Waals surface area contributed by atoms with E-state index in [4.69, 9.17) is 9.47 Å². The zero-order valence-corrected chi connectivity index (χ0v) is 27.8. The number of alkyl halides is 1. The molecule has 0 saturated carbocycles. The van der Waals surface area contributed by atoms with Crippen LogP contribution in [0.4, 0.5) is 0 Å². The first-order chi connectivity index (χ1) is 21.6. The highest BCUT2D eigenvalue weighted by Crippen LogP contribution is 2.60. The van der Waals surface area contributed by atoms with Gasteiger partial charge in [-0.3, -0.25) is 19.2 Å². The topological polar surface area (TPSA) is 125 Å². The number of ether oxygens (including phenoxy) is 2. The summed E-state index contributed by atoms with van der Waals surface area (Å²) in [4.78, 5) is 58.2. The van der Waals surface area contributed by atoms with Gasteiger partial charge in [-0.05, 0) is 38.2 Å². The number of halogens is 1. The second-order valence-corrected chi connectivity index (χ2v) is 13.3. The molecule has 3 fully saturated rings. The Kier molecular flexibility index (Phi) is 12.0. The minimum Gasteiger partial charge on any atom is -0.455 e. The van der Waals surface area contributed by atoms with E-state index < -0.39 is 47.7 Å². The molecule has 10 nitrogen and oxygen atoms in total. The Morgan fingerprint density at radius 2 is 1.98 bits per heavy atom. The van der Waals surface area contributed by atoms with Crippen LogP contribution in [0.2, 0.25) is 0 Å². The summed E-state index contributed by atoms with van der Waals surface area (Å²) in [6.07, 6.45) is 4.93. The predicted octanol–water partition coefficient (Wildman–Crippen LogP) is 3.69. The molecule has 0 aromatic heterocycles. The van der Waals surface area contributed by atoms with Crippen LogP contribution in [0.1, 0.15) is 64.0 Å². The summed E-state index contributed by atoms with van der Waals surface area (Å²) in [6.45, 7) is 12.1. The molecule has 2 bridgehead atoms. The van der Waals surface area contributed by atoms with Crippen LogP contribution in [0.3, 0.4) is 0 Å². The molecule has 8 atom stereocenters. The summed E-state index contributed by atoms with van der Waals surface area (Å²) in [5.74, 6) is -3.30. The molecule has 3 amide bonds. The van der Waals surface area contributed by atoms with E-state index in [9.17, 15) is 24.3 Å². The van der Waals surface area contributed by atoms with Gasteiger partial charge in [0.25, 0.3) is 0 Å². The van der Waals surface area contributed by atoms with Gasteiger partial charge in [0.15, 0.2) is 0 Å². The van der Waals surface area contributed by atoms with E-state index in [1.807, 2.05) is 37.3 Å². The molecular weight excluding hydrogens is 642 g/mol. The van der Waals surface area contributed by atoms with Crippen molar-refractivity contribution in [3.63, 3.8) is 0 Å². The van der Waals surface area contributed by atoms with Gasteiger partial charge in [0, 0.05) is 37.5 Å². The van der Waals surface area contributed by atoms with Crippen LogP contribution in [0.5, 0.6) is 0 Å². The normalized spacial score (nSPS) is 27.9. The number of rotatable bonds is 17. The van der Waals surface area contributed by atoms with Crippen molar-refractivity contribution in [3.8, 4) is 0 Å². The lowest BCUT2D eigenvalue weighted by molar-refractivity contribution is -0.162. The van der Waals surface area contributed by atoms with Gasteiger partial charge in [0.1, 0.15) is 17.7 Å². The first-order valence-corrected chi connectivity index (χ1v) is 16.8. The Morgan fingerprint density at radius 1 is 1.24 bits per heavy atom. The number of nitrogens with zero attached hydrogens (tertiary/aromatic N) is 2. The molecule has 3 aliphatic rings. The number of fused-ring (bicyclic) bond motifs is 1. The summed E-state index contributed by atoms with van der Waals surface area (Å²) in [6, 6.07) is 7.65. The monoisotopic (exact) mass is 687 g/mol. The summed E-state index contributed by atoms with van der Waals surface area (Å²) >= 11 is 3.70. The maximum atomic E-state index is 14.3. The third-order valence-corrected chi connectivity index (χ3v) is 9.93. The number of benzene rings is 1. The smallest absolute Gasteiger partial charge is 0.313 e. The van der Waals surface area contributed by atoms with Gasteiger partial charge in [0.05, 0.1) is 24.0 Å². The minimum absolute atomic E-state index is 0.153. The molecule has 3 aliphatic heterocycles. The van der Waals surface area contributed by atoms with Crippen molar-refractivity contribution in [1.29, 1.82) is 0 Å². The van der Waals surface area contributed by atoms with Crippen LogP contribution in [0, 0.1) is 11.8 Å². The van der Waals surface area contributed by atoms with Crippen LogP contribution < -0.4 is 5.32 Å². The number of hydrogen-bond donors (Lipinski definition) is 2. The van der Waals surface area contributed by atoms with Crippen LogP contribution in [0.25, 0.3) is 0 Å². The predicted molar refractivity (Wildman–Crippen MR) is 173 cm³/mol. The highest BCUT2D eigenvalue weighted by Gasteiger charge is 2.77. The molecule has 4 rings (SSSR count). The molecule has 0 radical (unpaired) electrons. The number of esters is 1. The molecule has 3 heterocycles. The zero-order valence-electron chi connectivity index (χ0n) is 26.2. The van der Waals surface area contributed by atoms with E-state index in [0.29, 0.717) is 31.5 Å². The van der Waals surface area contributed by atoms with Gasteiger partial charge in [-0.2, -0.15) is 0 Å². The number of aliphatic hydroxyl groups excluding tert-OH is 1. The Labute approximate surface area is 274 Å². The molecule has 246 valence electrons. The fourth-order valence-electron chi connectivity index (χ4n) is 7.07. The van der Waals surface area contributed by atoms with Crippen LogP contribution >= 0.6 is 15.9 Å². The number of allylic oxidation sites excluding steroid dienone is 1. The fourth-order valence-corrected chi connectivity index (χ4v) is 8.01. The van der Waals surface area contributed by atoms with Gasteiger partial charge < -0.3 is 29.7 Å². The van der Waals surface area contributed by atoms with E-state index in [0.717, 1.165) is 12.8 Å². The van der Waals surface area contributed by atoms with E-state index in [1.165, 1.54) is 4.90 Å². The second kappa shape index (κ2) is 15.5. The number of unbranched alkanes of at least 4 members (excludes halogenated alkanes) is 1. The highest BCUT2D eigenvalue weighted by molar-refractivity contribution is 9.09. The summed E-state index contributed by atoms with van der Waals surface area (Å²) in [7, 11) is 0. The fraction of sp³-hybridized carbons (Fsp3) is 0.588. The van der Waals surface area contributed by atoms with Gasteiger partial charge in [-0.25, -0.2) is 0 Å². The molecule has 0 aliphatic carbocycles. The number of aliphatic hydroxyl groups is 1. The van der Waals surface area contributed by atoms with Crippen LogP contribution in [-0.2, 0) is 28.7 Å². The third kappa shape index (κ3) is 7.05. The van der Waals surface area contributed by atoms with Crippen molar-refractivity contribution >= 4 is 39.6 Å². The second-order valence-electron chi connectivity index (χ2n) is 12.2. The Bertz CT molecular complexity index is 1250. The maximum Gasteiger partial charge on any atom is 0.313 e. The summed E-state index contributed by atoms with van der Waals surface area (Å²) < 4.78 is 12.8. The lowest BCUT2D eigenvalue weighted by Gasteiger charge is -2.37. The molecular formula is C34H46BrN3O7. The summed E-state index contributed by atoms with van der Waals surface area (Å²) in [5, 5.41) is 12.6. The number of carbonyl (C=O) groups is 4. The van der Waals surface area contributed by atoms with E-state index in [-0.39, 0.29) is 48.5 Å². The molecule has 1 aromatic carbocycles. The van der Waals surface area contributed by atoms with Gasteiger partial charge in [0.2, 0.25) is 17.7 Å². The Balaban J connectivity index is 1.67. The first kappa shape index (κ1) is 34.8. The number of carbonyl (C=O) groups excluding carboxylic acids is 4. The largest absolute Gasteiger partial charge is 0.455 e. The average Bonchev–Trinajstić information content (AvgIpc) is 3.62. The standard InChI is InChI=1S/C34H46BrN3O7/c1-5-8-16-25(40)36-22(4)28(23-14-11-10-12-15-23)44-33(43)26-27-31(41)38(19-13-20-39)30(34(27)21-24(35)29(26)45-34)32(42)37(17-7-3)18-9-6-2/h5,7,10-12,14-15,22,24,26-30,39H,1,3,6,8-9,13,16-21H2,2,4H3,(H,36,40)/t22-,24?,26-,27+,28-,29-,30-,34+/m0/s1. The molecule has 45 heavy (non-hydrogen) atoms. The Morgan fingerprint density at radius 3 is 2.62 bits per heavy atom.